The monoisotopic (exact) mass is 496 g/mol. The zero-order valence-corrected chi connectivity index (χ0v) is 21.2. The predicted molar refractivity (Wildman–Crippen MR) is 133 cm³/mol. The molecule has 0 amide bonds. The number of piperidine rings is 1. The van der Waals surface area contributed by atoms with Gasteiger partial charge in [0, 0.05) is 16.8 Å². The Bertz CT molecular complexity index is 1160. The fourth-order valence-corrected chi connectivity index (χ4v) is 5.80. The van der Waals surface area contributed by atoms with Crippen molar-refractivity contribution < 1.29 is 9.53 Å². The number of ether oxygens (including phenoxy) is 1. The number of rotatable bonds is 9. The van der Waals surface area contributed by atoms with Crippen LogP contribution in [-0.4, -0.2) is 56.4 Å². The van der Waals surface area contributed by atoms with Crippen LogP contribution in [0.4, 0.5) is 0 Å². The quantitative estimate of drug-likeness (QED) is 0.398. The lowest BCUT2D eigenvalue weighted by atomic mass is 10.1. The molecule has 0 N–H and O–H groups in total. The zero-order valence-electron chi connectivity index (χ0n) is 19.6. The van der Waals surface area contributed by atoms with Crippen molar-refractivity contribution in [2.24, 2.45) is 0 Å². The molecule has 2 atom stereocenters. The minimum Gasteiger partial charge on any atom is -0.497 e. The maximum atomic E-state index is 12.9. The smallest absolute Gasteiger partial charge is 0.196 e. The molecule has 0 bridgehead atoms. The van der Waals surface area contributed by atoms with Gasteiger partial charge in [-0.05, 0) is 64.0 Å². The molecule has 3 heterocycles. The first-order chi connectivity index (χ1) is 16.5. The maximum absolute atomic E-state index is 12.9. The van der Waals surface area contributed by atoms with Gasteiger partial charge < -0.3 is 4.74 Å². The Morgan fingerprint density at radius 1 is 1.24 bits per heavy atom. The van der Waals surface area contributed by atoms with E-state index in [9.17, 15) is 10.1 Å². The molecule has 0 spiro atoms. The van der Waals surface area contributed by atoms with Crippen LogP contribution in [0, 0.1) is 18.3 Å². The van der Waals surface area contributed by atoms with Gasteiger partial charge in [0.1, 0.15) is 10.8 Å². The van der Waals surface area contributed by atoms with Gasteiger partial charge in [-0.1, -0.05) is 18.2 Å². The number of hydrogen-bond donors (Lipinski definition) is 0. The van der Waals surface area contributed by atoms with Gasteiger partial charge >= 0.3 is 0 Å². The summed E-state index contributed by atoms with van der Waals surface area (Å²) in [4.78, 5) is 19.7. The van der Waals surface area contributed by atoms with E-state index in [1.807, 2.05) is 41.1 Å². The molecule has 2 aromatic heterocycles. The first kappa shape index (κ1) is 24.4. The molecule has 1 aliphatic rings. The Kier molecular flexibility index (Phi) is 7.98. The van der Waals surface area contributed by atoms with Crippen LogP contribution in [0.1, 0.15) is 54.7 Å². The van der Waals surface area contributed by atoms with Crippen LogP contribution >= 0.6 is 23.1 Å². The number of ketones is 1. The normalized spacial score (nSPS) is 16.1. The van der Waals surface area contributed by atoms with Gasteiger partial charge in [0.15, 0.2) is 22.7 Å². The number of carbonyl (C=O) groups is 1. The third-order valence-electron chi connectivity index (χ3n) is 5.98. The van der Waals surface area contributed by atoms with E-state index in [0.29, 0.717) is 10.2 Å². The van der Waals surface area contributed by atoms with Crippen molar-refractivity contribution >= 4 is 28.9 Å². The number of nitriles is 1. The van der Waals surface area contributed by atoms with Gasteiger partial charge in [-0.25, -0.2) is 4.98 Å². The highest BCUT2D eigenvalue weighted by molar-refractivity contribution is 7.99. The lowest BCUT2D eigenvalue weighted by molar-refractivity contribution is -0.116. The Hall–Kier alpha value is -2.74. The number of likely N-dealkylation sites (tertiary alicyclic amines) is 1. The van der Waals surface area contributed by atoms with Crippen LogP contribution in [0.25, 0.3) is 5.69 Å². The molecule has 1 aromatic carbocycles. The summed E-state index contributed by atoms with van der Waals surface area (Å²) >= 11 is 2.65. The Morgan fingerprint density at radius 3 is 2.59 bits per heavy atom. The van der Waals surface area contributed by atoms with Crippen LogP contribution in [0.15, 0.2) is 34.8 Å². The van der Waals surface area contributed by atoms with Crippen molar-refractivity contribution in [3.05, 3.63) is 46.2 Å². The molecule has 4 rings (SSSR count). The topological polar surface area (TPSA) is 96.9 Å². The number of carbonyl (C=O) groups excluding carboxylic acids is 1. The van der Waals surface area contributed by atoms with E-state index in [0.717, 1.165) is 36.0 Å². The minimum absolute atomic E-state index is 0.0881. The van der Waals surface area contributed by atoms with Crippen molar-refractivity contribution in [1.29, 1.82) is 5.26 Å². The Balaban J connectivity index is 1.60. The van der Waals surface area contributed by atoms with E-state index in [4.69, 9.17) is 4.74 Å². The highest BCUT2D eigenvalue weighted by Gasteiger charge is 2.28. The summed E-state index contributed by atoms with van der Waals surface area (Å²) in [5, 5.41) is 21.6. The van der Waals surface area contributed by atoms with Crippen molar-refractivity contribution in [2.45, 2.75) is 50.2 Å². The van der Waals surface area contributed by atoms with E-state index in [1.165, 1.54) is 42.4 Å². The third-order valence-corrected chi connectivity index (χ3v) is 7.96. The Morgan fingerprint density at radius 2 is 1.97 bits per heavy atom. The van der Waals surface area contributed by atoms with Crippen LogP contribution in [0.3, 0.4) is 0 Å². The highest BCUT2D eigenvalue weighted by Crippen LogP contribution is 2.31. The molecular formula is C24H28N6O2S2. The standard InChI is InChI=1S/C24H28N6O2S2/c1-16-14-33-23(26-16)20(13-25)21(31)15-34-24-28-27-22(17(2)29-11-5-4-6-12-29)30(24)18-7-9-19(32-3)10-8-18/h7-10,14,17,20H,4-6,11-12,15H2,1-3H3. The van der Waals surface area contributed by atoms with Gasteiger partial charge in [-0.15, -0.1) is 21.5 Å². The summed E-state index contributed by atoms with van der Waals surface area (Å²) in [5.41, 5.74) is 1.73. The number of benzene rings is 1. The summed E-state index contributed by atoms with van der Waals surface area (Å²) in [5.74, 6) is 0.673. The number of methoxy groups -OCH3 is 1. The van der Waals surface area contributed by atoms with Crippen LogP contribution in [0.2, 0.25) is 0 Å². The van der Waals surface area contributed by atoms with Crippen molar-refractivity contribution in [1.82, 2.24) is 24.6 Å². The first-order valence-electron chi connectivity index (χ1n) is 11.3. The zero-order chi connectivity index (χ0) is 24.1. The van der Waals surface area contributed by atoms with Gasteiger partial charge in [0.2, 0.25) is 0 Å². The lowest BCUT2D eigenvalue weighted by Crippen LogP contribution is -2.33. The molecule has 34 heavy (non-hydrogen) atoms. The molecule has 0 aliphatic carbocycles. The fraction of sp³-hybridized carbons (Fsp3) is 0.458. The van der Waals surface area contributed by atoms with Crippen molar-refractivity contribution in [2.75, 3.05) is 26.0 Å². The highest BCUT2D eigenvalue weighted by atomic mass is 32.2. The number of thiazole rings is 1. The number of aromatic nitrogens is 4. The molecular weight excluding hydrogens is 468 g/mol. The number of aryl methyl sites for hydroxylation is 1. The SMILES string of the molecule is COc1ccc(-n2c(SCC(=O)C(C#N)c3nc(C)cs3)nnc2C(C)N2CCCCC2)cc1. The molecule has 178 valence electrons. The molecule has 8 nitrogen and oxygen atoms in total. The van der Waals surface area contributed by atoms with Crippen molar-refractivity contribution in [3.8, 4) is 17.5 Å². The van der Waals surface area contributed by atoms with E-state index >= 15 is 0 Å². The van der Waals surface area contributed by atoms with E-state index in [1.54, 1.807) is 7.11 Å². The second-order valence-corrected chi connectivity index (χ2v) is 10.1. The van der Waals surface area contributed by atoms with Crippen molar-refractivity contribution in [3.63, 3.8) is 0 Å². The lowest BCUT2D eigenvalue weighted by Gasteiger charge is -2.31. The molecule has 3 aromatic rings. The summed E-state index contributed by atoms with van der Waals surface area (Å²) < 4.78 is 7.34. The largest absolute Gasteiger partial charge is 0.497 e. The van der Waals surface area contributed by atoms with Gasteiger partial charge in [-0.3, -0.25) is 14.3 Å². The predicted octanol–water partition coefficient (Wildman–Crippen LogP) is 4.56. The van der Waals surface area contributed by atoms with E-state index < -0.39 is 5.92 Å². The average molecular weight is 497 g/mol. The third kappa shape index (κ3) is 5.32. The summed E-state index contributed by atoms with van der Waals surface area (Å²) in [6.45, 7) is 6.09. The van der Waals surface area contributed by atoms with Gasteiger partial charge in [0.25, 0.3) is 0 Å². The number of Topliss-reactive ketones (excluding diaryl/α,β-unsaturated/α-hetero) is 1. The number of hydrogen-bond acceptors (Lipinski definition) is 9. The second kappa shape index (κ2) is 11.1. The summed E-state index contributed by atoms with van der Waals surface area (Å²) in [6, 6.07) is 9.95. The van der Waals surface area contributed by atoms with Crippen LogP contribution in [0.5, 0.6) is 5.75 Å². The minimum atomic E-state index is -0.865. The van der Waals surface area contributed by atoms with E-state index in [-0.39, 0.29) is 17.6 Å². The fourth-order valence-electron chi connectivity index (χ4n) is 4.08. The van der Waals surface area contributed by atoms with E-state index in [2.05, 4.69) is 33.1 Å². The molecule has 10 heteroatoms. The molecule has 0 saturated carbocycles. The molecule has 1 aliphatic heterocycles. The molecule has 2 unspecified atom stereocenters. The number of thioether (sulfide) groups is 1. The Labute approximate surface area is 208 Å². The molecule has 1 fully saturated rings. The average Bonchev–Trinajstić information content (AvgIpc) is 3.49. The van der Waals surface area contributed by atoms with Gasteiger partial charge in [0.05, 0.1) is 25.0 Å². The van der Waals surface area contributed by atoms with Crippen LogP contribution < -0.4 is 4.74 Å². The molecule has 1 saturated heterocycles. The summed E-state index contributed by atoms with van der Waals surface area (Å²) in [6.07, 6.45) is 3.63. The van der Waals surface area contributed by atoms with Crippen LogP contribution in [-0.2, 0) is 4.79 Å². The first-order valence-corrected chi connectivity index (χ1v) is 13.2. The second-order valence-electron chi connectivity index (χ2n) is 8.29. The maximum Gasteiger partial charge on any atom is 0.196 e. The molecule has 0 radical (unpaired) electrons. The van der Waals surface area contributed by atoms with Gasteiger partial charge in [-0.2, -0.15) is 5.26 Å². The summed E-state index contributed by atoms with van der Waals surface area (Å²) in [7, 11) is 1.64. The number of nitrogens with zero attached hydrogens (tertiary/aromatic N) is 6.